The third-order valence-electron chi connectivity index (χ3n) is 3.82. The smallest absolute Gasteiger partial charge is 0.132 e. The molecule has 3 rings (SSSR count). The normalized spacial score (nSPS) is 19.6. The summed E-state index contributed by atoms with van der Waals surface area (Å²) in [6.45, 7) is 0. The minimum Gasteiger partial charge on any atom is -0.321 e. The van der Waals surface area contributed by atoms with Crippen LogP contribution in [0, 0.1) is 0 Å². The van der Waals surface area contributed by atoms with Gasteiger partial charge >= 0.3 is 0 Å². The van der Waals surface area contributed by atoms with Crippen molar-refractivity contribution in [2.75, 3.05) is 0 Å². The number of nitrogens with zero attached hydrogens (tertiary/aromatic N) is 1. The average Bonchev–Trinajstić information content (AvgIpc) is 2.72. The van der Waals surface area contributed by atoms with Crippen molar-refractivity contribution >= 4 is 22.5 Å². The number of aromatic amines is 1. The van der Waals surface area contributed by atoms with Crippen molar-refractivity contribution in [1.82, 2.24) is 10.2 Å². The number of halogens is 1. The Kier molecular flexibility index (Phi) is 2.60. The van der Waals surface area contributed by atoms with Crippen LogP contribution >= 0.6 is 11.6 Å². The number of nitrogens with two attached hydrogens (primary N) is 1. The molecule has 0 saturated heterocycles. The van der Waals surface area contributed by atoms with E-state index in [0.29, 0.717) is 5.15 Å². The van der Waals surface area contributed by atoms with Gasteiger partial charge in [0.25, 0.3) is 0 Å². The summed E-state index contributed by atoms with van der Waals surface area (Å²) in [7, 11) is 0. The van der Waals surface area contributed by atoms with E-state index in [0.717, 1.165) is 29.3 Å². The molecule has 2 aromatic rings. The Morgan fingerprint density at radius 2 is 2.00 bits per heavy atom. The highest BCUT2D eigenvalue weighted by molar-refractivity contribution is 6.34. The van der Waals surface area contributed by atoms with Crippen LogP contribution in [0.4, 0.5) is 0 Å². The molecular formula is C13H16ClN3. The van der Waals surface area contributed by atoms with Gasteiger partial charge in [0.2, 0.25) is 0 Å². The van der Waals surface area contributed by atoms with Gasteiger partial charge in [-0.3, -0.25) is 5.10 Å². The zero-order valence-corrected chi connectivity index (χ0v) is 10.4. The van der Waals surface area contributed by atoms with Gasteiger partial charge in [-0.25, -0.2) is 0 Å². The molecule has 90 valence electrons. The van der Waals surface area contributed by atoms with Crippen LogP contribution in [0.15, 0.2) is 18.2 Å². The van der Waals surface area contributed by atoms with Crippen LogP contribution in [0.5, 0.6) is 0 Å². The van der Waals surface area contributed by atoms with Crippen molar-refractivity contribution in [3.8, 4) is 0 Å². The number of hydrogen-bond donors (Lipinski definition) is 2. The maximum absolute atomic E-state index is 6.57. The Balaban J connectivity index is 2.18. The standard InChI is InChI=1S/C13H16ClN3/c14-12-11-9(5-4-6-10(11)16-17-12)13(15)7-2-1-3-8-13/h4-6H,1-3,7-8,15H2,(H,16,17). The van der Waals surface area contributed by atoms with Crippen molar-refractivity contribution < 1.29 is 0 Å². The number of benzene rings is 1. The number of rotatable bonds is 1. The summed E-state index contributed by atoms with van der Waals surface area (Å²) in [5.74, 6) is 0. The zero-order valence-electron chi connectivity index (χ0n) is 9.67. The van der Waals surface area contributed by atoms with E-state index in [-0.39, 0.29) is 5.54 Å². The van der Waals surface area contributed by atoms with E-state index in [1.54, 1.807) is 0 Å². The second kappa shape index (κ2) is 4.00. The van der Waals surface area contributed by atoms with Crippen LogP contribution in [0.1, 0.15) is 37.7 Å². The van der Waals surface area contributed by atoms with Gasteiger partial charge in [0.05, 0.1) is 5.52 Å². The lowest BCUT2D eigenvalue weighted by molar-refractivity contribution is 0.304. The first-order chi connectivity index (χ1) is 8.21. The van der Waals surface area contributed by atoms with Gasteiger partial charge in [-0.1, -0.05) is 43.0 Å². The molecule has 0 bridgehead atoms. The fourth-order valence-electron chi connectivity index (χ4n) is 2.90. The molecular weight excluding hydrogens is 234 g/mol. The fraction of sp³-hybridized carbons (Fsp3) is 0.462. The van der Waals surface area contributed by atoms with Gasteiger partial charge in [0.15, 0.2) is 0 Å². The van der Waals surface area contributed by atoms with Gasteiger partial charge in [0.1, 0.15) is 5.15 Å². The highest BCUT2D eigenvalue weighted by Crippen LogP contribution is 2.39. The summed E-state index contributed by atoms with van der Waals surface area (Å²) >= 11 is 6.19. The lowest BCUT2D eigenvalue weighted by atomic mass is 9.76. The molecule has 1 heterocycles. The summed E-state index contributed by atoms with van der Waals surface area (Å²) in [6.07, 6.45) is 5.75. The molecule has 1 aromatic carbocycles. The topological polar surface area (TPSA) is 54.7 Å². The van der Waals surface area contributed by atoms with Gasteiger partial charge in [0, 0.05) is 10.9 Å². The van der Waals surface area contributed by atoms with Gasteiger partial charge < -0.3 is 5.73 Å². The van der Waals surface area contributed by atoms with E-state index in [1.165, 1.54) is 19.3 Å². The SMILES string of the molecule is NC1(c2cccc3n[nH]c(Cl)c23)CCCCC1. The predicted molar refractivity (Wildman–Crippen MR) is 70.1 cm³/mol. The number of hydrogen-bond acceptors (Lipinski definition) is 2. The van der Waals surface area contributed by atoms with Crippen molar-refractivity contribution in [3.63, 3.8) is 0 Å². The maximum atomic E-state index is 6.57. The minimum atomic E-state index is -0.231. The lowest BCUT2D eigenvalue weighted by Gasteiger charge is -2.34. The Bertz CT molecular complexity index is 541. The molecule has 4 heteroatoms. The molecule has 0 atom stereocenters. The highest BCUT2D eigenvalue weighted by Gasteiger charge is 2.31. The Morgan fingerprint density at radius 1 is 1.24 bits per heavy atom. The van der Waals surface area contributed by atoms with E-state index in [4.69, 9.17) is 17.3 Å². The molecule has 0 radical (unpaired) electrons. The number of nitrogens with one attached hydrogen (secondary N) is 1. The third kappa shape index (κ3) is 1.74. The molecule has 1 aromatic heterocycles. The molecule has 1 saturated carbocycles. The first kappa shape index (κ1) is 11.1. The lowest BCUT2D eigenvalue weighted by Crippen LogP contribution is -2.38. The molecule has 0 unspecified atom stereocenters. The average molecular weight is 250 g/mol. The molecule has 1 aliphatic carbocycles. The zero-order chi connectivity index (χ0) is 11.9. The van der Waals surface area contributed by atoms with E-state index in [2.05, 4.69) is 16.3 Å². The van der Waals surface area contributed by atoms with Crippen LogP contribution < -0.4 is 5.73 Å². The third-order valence-corrected chi connectivity index (χ3v) is 4.09. The molecule has 17 heavy (non-hydrogen) atoms. The molecule has 3 N–H and O–H groups in total. The summed E-state index contributed by atoms with van der Waals surface area (Å²) < 4.78 is 0. The second-order valence-corrected chi connectivity index (χ2v) is 5.33. The molecule has 0 aliphatic heterocycles. The van der Waals surface area contributed by atoms with E-state index < -0.39 is 0 Å². The summed E-state index contributed by atoms with van der Waals surface area (Å²) in [5.41, 5.74) is 8.40. The number of H-pyrrole nitrogens is 1. The summed E-state index contributed by atoms with van der Waals surface area (Å²) in [6, 6.07) is 6.07. The van der Waals surface area contributed by atoms with E-state index in [1.807, 2.05) is 12.1 Å². The maximum Gasteiger partial charge on any atom is 0.132 e. The van der Waals surface area contributed by atoms with E-state index >= 15 is 0 Å². The Hall–Kier alpha value is -1.06. The number of fused-ring (bicyclic) bond motifs is 1. The van der Waals surface area contributed by atoms with Crippen LogP contribution in [0.25, 0.3) is 10.9 Å². The summed E-state index contributed by atoms with van der Waals surface area (Å²) in [5, 5.41) is 8.63. The first-order valence-corrected chi connectivity index (χ1v) is 6.50. The van der Waals surface area contributed by atoms with Crippen molar-refractivity contribution in [2.45, 2.75) is 37.6 Å². The minimum absolute atomic E-state index is 0.231. The molecule has 0 spiro atoms. The van der Waals surface area contributed by atoms with Crippen molar-refractivity contribution in [3.05, 3.63) is 28.9 Å². The van der Waals surface area contributed by atoms with Crippen molar-refractivity contribution in [1.29, 1.82) is 0 Å². The molecule has 0 amide bonds. The monoisotopic (exact) mass is 249 g/mol. The van der Waals surface area contributed by atoms with Gasteiger partial charge in [-0.15, -0.1) is 0 Å². The predicted octanol–water partition coefficient (Wildman–Crippen LogP) is 3.33. The van der Waals surface area contributed by atoms with Crippen LogP contribution in [0.3, 0.4) is 0 Å². The molecule has 3 nitrogen and oxygen atoms in total. The first-order valence-electron chi connectivity index (χ1n) is 6.13. The van der Waals surface area contributed by atoms with Crippen molar-refractivity contribution in [2.24, 2.45) is 5.73 Å². The Labute approximate surface area is 105 Å². The molecule has 1 fully saturated rings. The summed E-state index contributed by atoms with van der Waals surface area (Å²) in [4.78, 5) is 0. The van der Waals surface area contributed by atoms with Crippen LogP contribution in [-0.2, 0) is 5.54 Å². The second-order valence-electron chi connectivity index (χ2n) is 4.95. The largest absolute Gasteiger partial charge is 0.321 e. The van der Waals surface area contributed by atoms with Gasteiger partial charge in [-0.2, -0.15) is 5.10 Å². The fourth-order valence-corrected chi connectivity index (χ4v) is 3.14. The van der Waals surface area contributed by atoms with E-state index in [9.17, 15) is 0 Å². The van der Waals surface area contributed by atoms with Crippen LogP contribution in [0.2, 0.25) is 5.15 Å². The Morgan fingerprint density at radius 3 is 2.76 bits per heavy atom. The highest BCUT2D eigenvalue weighted by atomic mass is 35.5. The quantitative estimate of drug-likeness (QED) is 0.815. The number of aromatic nitrogens is 2. The van der Waals surface area contributed by atoms with Crippen LogP contribution in [-0.4, -0.2) is 10.2 Å². The molecule has 1 aliphatic rings. The van der Waals surface area contributed by atoms with Gasteiger partial charge in [-0.05, 0) is 24.5 Å².